The standard InChI is InChI=1S/C19H19ClFN5/c1-3-12(2)23-19-25-17(13-5-4-8-22-11-13)10-18(26-19)24-16-7-6-14(21)9-15(16)20/h4-12H,3H2,1-2H3,(H2,23,24,25,26)/t12-/m0/s1. The molecule has 26 heavy (non-hydrogen) atoms. The minimum atomic E-state index is -0.390. The van der Waals surface area contributed by atoms with Gasteiger partial charge >= 0.3 is 0 Å². The van der Waals surface area contributed by atoms with Crippen molar-refractivity contribution in [1.29, 1.82) is 0 Å². The van der Waals surface area contributed by atoms with Crippen LogP contribution in [-0.4, -0.2) is 21.0 Å². The number of pyridine rings is 1. The second-order valence-corrected chi connectivity index (χ2v) is 6.31. The lowest BCUT2D eigenvalue weighted by molar-refractivity contribution is 0.628. The fraction of sp³-hybridized carbons (Fsp3) is 0.211. The SMILES string of the molecule is CC[C@H](C)Nc1nc(Nc2ccc(F)cc2Cl)cc(-c2cccnc2)n1. The molecule has 0 saturated carbocycles. The van der Waals surface area contributed by atoms with Crippen molar-refractivity contribution in [2.24, 2.45) is 0 Å². The van der Waals surface area contributed by atoms with Crippen LogP contribution in [0.4, 0.5) is 21.8 Å². The topological polar surface area (TPSA) is 62.7 Å². The maximum absolute atomic E-state index is 13.3. The summed E-state index contributed by atoms with van der Waals surface area (Å²) in [4.78, 5) is 13.2. The number of nitrogens with one attached hydrogen (secondary N) is 2. The maximum Gasteiger partial charge on any atom is 0.225 e. The molecule has 1 aromatic carbocycles. The van der Waals surface area contributed by atoms with Gasteiger partial charge in [0.25, 0.3) is 0 Å². The van der Waals surface area contributed by atoms with Crippen molar-refractivity contribution in [1.82, 2.24) is 15.0 Å². The second-order valence-electron chi connectivity index (χ2n) is 5.91. The number of aromatic nitrogens is 3. The van der Waals surface area contributed by atoms with Crippen LogP contribution in [0.1, 0.15) is 20.3 Å². The van der Waals surface area contributed by atoms with Gasteiger partial charge in [-0.2, -0.15) is 4.98 Å². The van der Waals surface area contributed by atoms with Gasteiger partial charge in [0.05, 0.1) is 16.4 Å². The summed E-state index contributed by atoms with van der Waals surface area (Å²) in [7, 11) is 0. The fourth-order valence-electron chi connectivity index (χ4n) is 2.29. The molecule has 0 amide bonds. The Hall–Kier alpha value is -2.73. The number of anilines is 3. The lowest BCUT2D eigenvalue weighted by atomic mass is 10.2. The number of nitrogens with zero attached hydrogens (tertiary/aromatic N) is 3. The van der Waals surface area contributed by atoms with E-state index in [2.05, 4.69) is 39.4 Å². The van der Waals surface area contributed by atoms with E-state index in [1.807, 2.05) is 12.1 Å². The van der Waals surface area contributed by atoms with Crippen molar-refractivity contribution in [3.63, 3.8) is 0 Å². The molecule has 0 saturated heterocycles. The van der Waals surface area contributed by atoms with Crippen molar-refractivity contribution in [3.05, 3.63) is 59.6 Å². The highest BCUT2D eigenvalue weighted by Crippen LogP contribution is 2.28. The normalized spacial score (nSPS) is 11.8. The van der Waals surface area contributed by atoms with Crippen molar-refractivity contribution in [2.75, 3.05) is 10.6 Å². The van der Waals surface area contributed by atoms with E-state index in [1.165, 1.54) is 12.1 Å². The van der Waals surface area contributed by atoms with E-state index in [-0.39, 0.29) is 11.1 Å². The first-order valence-corrected chi connectivity index (χ1v) is 8.71. The monoisotopic (exact) mass is 371 g/mol. The molecular formula is C19H19ClFN5. The number of benzene rings is 1. The summed E-state index contributed by atoms with van der Waals surface area (Å²) in [6, 6.07) is 9.98. The van der Waals surface area contributed by atoms with Crippen LogP contribution < -0.4 is 10.6 Å². The first-order valence-electron chi connectivity index (χ1n) is 8.33. The van der Waals surface area contributed by atoms with Gasteiger partial charge in [0, 0.05) is 30.1 Å². The van der Waals surface area contributed by atoms with E-state index in [0.29, 0.717) is 17.5 Å². The molecule has 2 N–H and O–H groups in total. The molecule has 7 heteroatoms. The van der Waals surface area contributed by atoms with Gasteiger partial charge < -0.3 is 10.6 Å². The van der Waals surface area contributed by atoms with Crippen molar-refractivity contribution in [3.8, 4) is 11.3 Å². The zero-order chi connectivity index (χ0) is 18.5. The van der Waals surface area contributed by atoms with Crippen LogP contribution in [-0.2, 0) is 0 Å². The molecule has 1 atom stereocenters. The fourth-order valence-corrected chi connectivity index (χ4v) is 2.50. The van der Waals surface area contributed by atoms with E-state index in [4.69, 9.17) is 11.6 Å². The summed E-state index contributed by atoms with van der Waals surface area (Å²) in [5, 5.41) is 6.69. The predicted octanol–water partition coefficient (Wildman–Crippen LogP) is 5.29. The Bertz CT molecular complexity index is 888. The number of hydrogen-bond acceptors (Lipinski definition) is 5. The molecule has 0 aliphatic heterocycles. The van der Waals surface area contributed by atoms with Gasteiger partial charge in [-0.3, -0.25) is 4.98 Å². The molecule has 0 bridgehead atoms. The molecule has 0 spiro atoms. The molecule has 2 heterocycles. The van der Waals surface area contributed by atoms with Gasteiger partial charge in [-0.15, -0.1) is 0 Å². The molecule has 3 rings (SSSR count). The highest BCUT2D eigenvalue weighted by molar-refractivity contribution is 6.33. The molecule has 134 valence electrons. The highest BCUT2D eigenvalue weighted by Gasteiger charge is 2.10. The van der Waals surface area contributed by atoms with Crippen LogP contribution in [0.3, 0.4) is 0 Å². The molecule has 3 aromatic rings. The van der Waals surface area contributed by atoms with E-state index < -0.39 is 5.82 Å². The van der Waals surface area contributed by atoms with Crippen LogP contribution in [0.2, 0.25) is 5.02 Å². The minimum absolute atomic E-state index is 0.224. The van der Waals surface area contributed by atoms with Crippen LogP contribution in [0.25, 0.3) is 11.3 Å². The Morgan fingerprint density at radius 2 is 2.04 bits per heavy atom. The summed E-state index contributed by atoms with van der Waals surface area (Å²) < 4.78 is 13.3. The largest absolute Gasteiger partial charge is 0.352 e. The Morgan fingerprint density at radius 1 is 1.19 bits per heavy atom. The van der Waals surface area contributed by atoms with Crippen LogP contribution in [0.5, 0.6) is 0 Å². The van der Waals surface area contributed by atoms with E-state index in [1.54, 1.807) is 24.5 Å². The van der Waals surface area contributed by atoms with E-state index in [0.717, 1.165) is 17.7 Å². The summed E-state index contributed by atoms with van der Waals surface area (Å²) in [6.07, 6.45) is 4.39. The van der Waals surface area contributed by atoms with Crippen molar-refractivity contribution in [2.45, 2.75) is 26.3 Å². The van der Waals surface area contributed by atoms with Crippen LogP contribution in [0.15, 0.2) is 48.8 Å². The molecule has 0 radical (unpaired) electrons. The smallest absolute Gasteiger partial charge is 0.225 e. The third-order valence-corrected chi connectivity index (χ3v) is 4.18. The lowest BCUT2D eigenvalue weighted by Gasteiger charge is -2.15. The summed E-state index contributed by atoms with van der Waals surface area (Å²) >= 11 is 6.11. The Kier molecular flexibility index (Phi) is 5.63. The van der Waals surface area contributed by atoms with Crippen molar-refractivity contribution < 1.29 is 4.39 Å². The average Bonchev–Trinajstić information content (AvgIpc) is 2.64. The Morgan fingerprint density at radius 3 is 2.73 bits per heavy atom. The average molecular weight is 372 g/mol. The molecular weight excluding hydrogens is 353 g/mol. The molecule has 0 aliphatic carbocycles. The number of hydrogen-bond donors (Lipinski definition) is 2. The molecule has 0 aliphatic rings. The molecule has 2 aromatic heterocycles. The first-order chi connectivity index (χ1) is 12.5. The second kappa shape index (κ2) is 8.10. The first kappa shape index (κ1) is 18.1. The Balaban J connectivity index is 1.98. The van der Waals surface area contributed by atoms with Crippen LogP contribution in [0, 0.1) is 5.82 Å². The minimum Gasteiger partial charge on any atom is -0.352 e. The van der Waals surface area contributed by atoms with Gasteiger partial charge in [0.1, 0.15) is 11.6 Å². The quantitative estimate of drug-likeness (QED) is 0.616. The van der Waals surface area contributed by atoms with E-state index >= 15 is 0 Å². The van der Waals surface area contributed by atoms with E-state index in [9.17, 15) is 4.39 Å². The third-order valence-electron chi connectivity index (χ3n) is 3.87. The summed E-state index contributed by atoms with van der Waals surface area (Å²) in [6.45, 7) is 4.14. The molecule has 0 unspecified atom stereocenters. The van der Waals surface area contributed by atoms with Crippen LogP contribution >= 0.6 is 11.6 Å². The lowest BCUT2D eigenvalue weighted by Crippen LogP contribution is -2.16. The zero-order valence-electron chi connectivity index (χ0n) is 14.5. The third kappa shape index (κ3) is 4.46. The van der Waals surface area contributed by atoms with Crippen molar-refractivity contribution >= 4 is 29.1 Å². The van der Waals surface area contributed by atoms with Gasteiger partial charge in [0.15, 0.2) is 0 Å². The van der Waals surface area contributed by atoms with Gasteiger partial charge in [-0.25, -0.2) is 9.37 Å². The number of rotatable bonds is 6. The highest BCUT2D eigenvalue weighted by atomic mass is 35.5. The Labute approximate surface area is 156 Å². The maximum atomic E-state index is 13.3. The van der Waals surface area contributed by atoms with Gasteiger partial charge in [0.2, 0.25) is 5.95 Å². The molecule has 0 fully saturated rings. The van der Waals surface area contributed by atoms with Gasteiger partial charge in [-0.1, -0.05) is 18.5 Å². The summed E-state index contributed by atoms with van der Waals surface area (Å²) in [5.74, 6) is 0.665. The number of halogens is 2. The zero-order valence-corrected chi connectivity index (χ0v) is 15.3. The van der Waals surface area contributed by atoms with Gasteiger partial charge in [-0.05, 0) is 43.7 Å². The molecule has 5 nitrogen and oxygen atoms in total. The predicted molar refractivity (Wildman–Crippen MR) is 103 cm³/mol. The summed E-state index contributed by atoms with van der Waals surface area (Å²) in [5.41, 5.74) is 2.16.